The van der Waals surface area contributed by atoms with Gasteiger partial charge in [-0.1, -0.05) is 5.16 Å². The van der Waals surface area contributed by atoms with Gasteiger partial charge in [0.1, 0.15) is 5.25 Å². The Morgan fingerprint density at radius 1 is 1.40 bits per heavy atom. The van der Waals surface area contributed by atoms with Crippen molar-refractivity contribution in [3.05, 3.63) is 29.6 Å². The van der Waals surface area contributed by atoms with Crippen LogP contribution in [0.5, 0.6) is 0 Å². The molecule has 1 unspecified atom stereocenters. The number of rotatable bonds is 3. The fourth-order valence-corrected chi connectivity index (χ4v) is 2.63. The standard InChI is InChI=1S/C13H15N3O3S/c1-8(20(2,17)18)12-15-13(19-16-12)10-3-4-11-9(7-10)5-6-14-11/h3-4,7-8,14H,5-6H2,1-2H3. The molecule has 0 fully saturated rings. The average Bonchev–Trinajstić information content (AvgIpc) is 3.04. The lowest BCUT2D eigenvalue weighted by Gasteiger charge is -2.02. The van der Waals surface area contributed by atoms with Crippen LogP contribution in [0, 0.1) is 0 Å². The van der Waals surface area contributed by atoms with Crippen LogP contribution in [0.2, 0.25) is 0 Å². The number of fused-ring (bicyclic) bond motifs is 1. The van der Waals surface area contributed by atoms with Crippen molar-refractivity contribution in [1.82, 2.24) is 10.1 Å². The van der Waals surface area contributed by atoms with Crippen LogP contribution >= 0.6 is 0 Å². The van der Waals surface area contributed by atoms with Gasteiger partial charge in [0.25, 0.3) is 5.89 Å². The monoisotopic (exact) mass is 293 g/mol. The predicted octanol–water partition coefficient (Wildman–Crippen LogP) is 1.81. The summed E-state index contributed by atoms with van der Waals surface area (Å²) >= 11 is 0. The Morgan fingerprint density at radius 2 is 2.20 bits per heavy atom. The first kappa shape index (κ1) is 13.1. The number of nitrogens with zero attached hydrogens (tertiary/aromatic N) is 2. The van der Waals surface area contributed by atoms with Crippen molar-refractivity contribution in [2.45, 2.75) is 18.6 Å². The number of nitrogens with one attached hydrogen (secondary N) is 1. The Bertz CT molecular complexity index is 752. The molecule has 0 amide bonds. The molecule has 1 N–H and O–H groups in total. The van der Waals surface area contributed by atoms with Crippen LogP contribution in [0.1, 0.15) is 23.6 Å². The third-order valence-corrected chi connectivity index (χ3v) is 5.00. The SMILES string of the molecule is CC(c1noc(-c2ccc3c(c2)CCN3)n1)S(C)(=O)=O. The molecule has 0 spiro atoms. The molecule has 2 heterocycles. The number of hydrogen-bond donors (Lipinski definition) is 1. The molecule has 2 aromatic rings. The van der Waals surface area contributed by atoms with E-state index >= 15 is 0 Å². The summed E-state index contributed by atoms with van der Waals surface area (Å²) in [5, 5.41) is 6.28. The van der Waals surface area contributed by atoms with Crippen molar-refractivity contribution >= 4 is 15.5 Å². The molecule has 1 aliphatic heterocycles. The van der Waals surface area contributed by atoms with Crippen molar-refractivity contribution in [3.8, 4) is 11.5 Å². The largest absolute Gasteiger partial charge is 0.384 e. The molecule has 106 valence electrons. The molecule has 0 bridgehead atoms. The van der Waals surface area contributed by atoms with Crippen molar-refractivity contribution in [1.29, 1.82) is 0 Å². The zero-order valence-electron chi connectivity index (χ0n) is 11.3. The predicted molar refractivity (Wildman–Crippen MR) is 75.2 cm³/mol. The molecule has 6 nitrogen and oxygen atoms in total. The molecule has 20 heavy (non-hydrogen) atoms. The van der Waals surface area contributed by atoms with Gasteiger partial charge in [0, 0.05) is 24.1 Å². The summed E-state index contributed by atoms with van der Waals surface area (Å²) < 4.78 is 28.2. The highest BCUT2D eigenvalue weighted by Gasteiger charge is 2.23. The van der Waals surface area contributed by atoms with Crippen LogP contribution in [-0.4, -0.2) is 31.4 Å². The highest BCUT2D eigenvalue weighted by Crippen LogP contribution is 2.28. The van der Waals surface area contributed by atoms with Crippen molar-refractivity contribution in [3.63, 3.8) is 0 Å². The van der Waals surface area contributed by atoms with E-state index in [1.165, 1.54) is 5.56 Å². The van der Waals surface area contributed by atoms with Crippen LogP contribution in [0.25, 0.3) is 11.5 Å². The van der Waals surface area contributed by atoms with Crippen LogP contribution in [0.3, 0.4) is 0 Å². The number of aromatic nitrogens is 2. The van der Waals surface area contributed by atoms with Gasteiger partial charge in [0.2, 0.25) is 0 Å². The van der Waals surface area contributed by atoms with Crippen LogP contribution < -0.4 is 5.32 Å². The molecule has 0 radical (unpaired) electrons. The molecule has 1 atom stereocenters. The second-order valence-corrected chi connectivity index (χ2v) is 7.34. The second-order valence-electron chi connectivity index (χ2n) is 4.98. The third kappa shape index (κ3) is 2.29. The molecule has 0 saturated heterocycles. The average molecular weight is 293 g/mol. The maximum absolute atomic E-state index is 11.5. The third-order valence-electron chi connectivity index (χ3n) is 3.51. The minimum Gasteiger partial charge on any atom is -0.384 e. The lowest BCUT2D eigenvalue weighted by molar-refractivity contribution is 0.421. The van der Waals surface area contributed by atoms with E-state index in [9.17, 15) is 8.42 Å². The number of benzene rings is 1. The topological polar surface area (TPSA) is 85.1 Å². The van der Waals surface area contributed by atoms with Gasteiger partial charge in [-0.2, -0.15) is 4.98 Å². The van der Waals surface area contributed by atoms with Crippen LogP contribution in [-0.2, 0) is 16.3 Å². The van der Waals surface area contributed by atoms with Gasteiger partial charge in [-0.3, -0.25) is 0 Å². The lowest BCUT2D eigenvalue weighted by atomic mass is 10.1. The van der Waals surface area contributed by atoms with Gasteiger partial charge in [-0.25, -0.2) is 8.42 Å². The van der Waals surface area contributed by atoms with Gasteiger partial charge in [-0.15, -0.1) is 0 Å². The zero-order chi connectivity index (χ0) is 14.3. The second kappa shape index (κ2) is 4.59. The van der Waals surface area contributed by atoms with E-state index in [4.69, 9.17) is 4.52 Å². The van der Waals surface area contributed by atoms with E-state index < -0.39 is 15.1 Å². The lowest BCUT2D eigenvalue weighted by Crippen LogP contribution is -2.09. The van der Waals surface area contributed by atoms with Crippen molar-refractivity contribution < 1.29 is 12.9 Å². The highest BCUT2D eigenvalue weighted by atomic mass is 32.2. The van der Waals surface area contributed by atoms with E-state index in [0.717, 1.165) is 30.5 Å². The molecule has 1 aromatic carbocycles. The molecular weight excluding hydrogens is 278 g/mol. The molecular formula is C13H15N3O3S. The first-order valence-corrected chi connectivity index (χ1v) is 8.30. The molecule has 0 aliphatic carbocycles. The summed E-state index contributed by atoms with van der Waals surface area (Å²) in [7, 11) is -3.23. The minimum atomic E-state index is -3.23. The first-order chi connectivity index (χ1) is 9.45. The number of hydrogen-bond acceptors (Lipinski definition) is 6. The zero-order valence-corrected chi connectivity index (χ0v) is 12.1. The van der Waals surface area contributed by atoms with Gasteiger partial charge >= 0.3 is 0 Å². The highest BCUT2D eigenvalue weighted by molar-refractivity contribution is 7.90. The Morgan fingerprint density at radius 3 is 2.95 bits per heavy atom. The Kier molecular flexibility index (Phi) is 3.01. The van der Waals surface area contributed by atoms with E-state index in [1.807, 2.05) is 18.2 Å². The maximum atomic E-state index is 11.5. The van der Waals surface area contributed by atoms with Crippen molar-refractivity contribution in [2.75, 3.05) is 18.1 Å². The normalized spacial score (nSPS) is 15.7. The van der Waals surface area contributed by atoms with E-state index in [2.05, 4.69) is 15.5 Å². The van der Waals surface area contributed by atoms with E-state index in [-0.39, 0.29) is 5.82 Å². The Hall–Kier alpha value is -1.89. The summed E-state index contributed by atoms with van der Waals surface area (Å²) in [5.74, 6) is 0.548. The number of sulfone groups is 1. The first-order valence-electron chi connectivity index (χ1n) is 6.35. The Labute approximate surface area is 117 Å². The summed E-state index contributed by atoms with van der Waals surface area (Å²) in [4.78, 5) is 4.20. The fourth-order valence-electron chi connectivity index (χ4n) is 2.15. The molecule has 1 aliphatic rings. The van der Waals surface area contributed by atoms with Gasteiger partial charge in [-0.05, 0) is 37.1 Å². The van der Waals surface area contributed by atoms with Crippen LogP contribution in [0.15, 0.2) is 22.7 Å². The van der Waals surface area contributed by atoms with Crippen molar-refractivity contribution in [2.24, 2.45) is 0 Å². The summed E-state index contributed by atoms with van der Waals surface area (Å²) in [6.45, 7) is 2.48. The van der Waals surface area contributed by atoms with Crippen LogP contribution in [0.4, 0.5) is 5.69 Å². The summed E-state index contributed by atoms with van der Waals surface area (Å²) in [6.07, 6.45) is 2.12. The summed E-state index contributed by atoms with van der Waals surface area (Å²) in [5.41, 5.74) is 3.14. The van der Waals surface area contributed by atoms with Gasteiger partial charge < -0.3 is 9.84 Å². The summed E-state index contributed by atoms with van der Waals surface area (Å²) in [6, 6.07) is 5.86. The fraction of sp³-hybridized carbons (Fsp3) is 0.385. The van der Waals surface area contributed by atoms with E-state index in [1.54, 1.807) is 6.92 Å². The molecule has 3 rings (SSSR count). The van der Waals surface area contributed by atoms with Gasteiger partial charge in [0.05, 0.1) is 0 Å². The van der Waals surface area contributed by atoms with Gasteiger partial charge in [0.15, 0.2) is 15.7 Å². The maximum Gasteiger partial charge on any atom is 0.257 e. The Balaban J connectivity index is 1.94. The van der Waals surface area contributed by atoms with E-state index in [0.29, 0.717) is 5.89 Å². The molecule has 1 aromatic heterocycles. The molecule has 0 saturated carbocycles. The smallest absolute Gasteiger partial charge is 0.257 e. The number of anilines is 1. The molecule has 7 heteroatoms. The minimum absolute atomic E-state index is 0.195. The quantitative estimate of drug-likeness (QED) is 0.929.